The van der Waals surface area contributed by atoms with Crippen LogP contribution >= 0.6 is 0 Å². The summed E-state index contributed by atoms with van der Waals surface area (Å²) in [6.45, 7) is 1.98. The minimum Gasteiger partial charge on any atom is -0.481 e. The molecule has 2 fully saturated rings. The summed E-state index contributed by atoms with van der Waals surface area (Å²) in [6, 6.07) is 6.15. The maximum absolute atomic E-state index is 13.0. The van der Waals surface area contributed by atoms with Gasteiger partial charge in [0.25, 0.3) is 0 Å². The molecule has 1 spiro atoms. The number of hydrogen-bond donors (Lipinski definition) is 2. The highest BCUT2D eigenvalue weighted by Crippen LogP contribution is 2.45. The first-order valence-corrected chi connectivity index (χ1v) is 11.7. The number of benzene rings is 1. The lowest BCUT2D eigenvalue weighted by Crippen LogP contribution is -2.40. The second-order valence-electron chi connectivity index (χ2n) is 8.39. The molecule has 0 amide bonds. The molecule has 0 atom stereocenters. The Morgan fingerprint density at radius 3 is 2.45 bits per heavy atom. The summed E-state index contributed by atoms with van der Waals surface area (Å²) < 4.78 is 26.4. The summed E-state index contributed by atoms with van der Waals surface area (Å²) in [5.41, 5.74) is 0.795. The molecule has 2 aliphatic rings. The van der Waals surface area contributed by atoms with E-state index in [9.17, 15) is 18.0 Å². The lowest BCUT2D eigenvalue weighted by Gasteiger charge is -2.42. The van der Waals surface area contributed by atoms with E-state index in [0.29, 0.717) is 11.0 Å². The van der Waals surface area contributed by atoms with Crippen LogP contribution in [0.2, 0.25) is 0 Å². The molecule has 1 aromatic rings. The third-order valence-corrected chi connectivity index (χ3v) is 8.40. The average Bonchev–Trinajstić information content (AvgIpc) is 2.72. The Morgan fingerprint density at radius 1 is 1.17 bits per heavy atom. The number of nitrogens with one attached hydrogen (secondary N) is 1. The quantitative estimate of drug-likeness (QED) is 0.655. The summed E-state index contributed by atoms with van der Waals surface area (Å²) in [5, 5.41) is 12.2. The van der Waals surface area contributed by atoms with Crippen molar-refractivity contribution in [2.24, 2.45) is 11.3 Å². The number of rotatable bonds is 7. The van der Waals surface area contributed by atoms with E-state index in [1.165, 1.54) is 32.0 Å². The summed E-state index contributed by atoms with van der Waals surface area (Å²) in [4.78, 5) is 23.8. The van der Waals surface area contributed by atoms with Gasteiger partial charge in [0.15, 0.2) is 5.78 Å². The zero-order valence-corrected chi connectivity index (χ0v) is 17.7. The normalized spacial score (nSPS) is 20.1. The zero-order chi connectivity index (χ0) is 21.1. The van der Waals surface area contributed by atoms with Crippen molar-refractivity contribution < 1.29 is 23.1 Å². The molecular formula is C21H30N2O5S. The van der Waals surface area contributed by atoms with Crippen molar-refractivity contribution in [3.8, 4) is 0 Å². The van der Waals surface area contributed by atoms with Gasteiger partial charge in [-0.05, 0) is 69.2 Å². The number of carboxylic acid groups (broad SMARTS) is 1. The number of hydrogen-bond acceptors (Lipinski definition) is 5. The molecule has 0 unspecified atom stereocenters. The molecule has 3 rings (SSSR count). The van der Waals surface area contributed by atoms with Crippen molar-refractivity contribution in [1.29, 1.82) is 0 Å². The predicted octanol–water partition coefficient (Wildman–Crippen LogP) is 2.52. The van der Waals surface area contributed by atoms with Gasteiger partial charge in [-0.1, -0.05) is 12.1 Å². The van der Waals surface area contributed by atoms with Crippen LogP contribution in [0.25, 0.3) is 0 Å². The minimum absolute atomic E-state index is 0.0130. The molecule has 29 heavy (non-hydrogen) atoms. The summed E-state index contributed by atoms with van der Waals surface area (Å²) in [6.07, 6.45) is 5.90. The van der Waals surface area contributed by atoms with Crippen LogP contribution in [-0.2, 0) is 14.8 Å². The SMILES string of the molecule is CN(CCC(=O)O)S(=O)(=O)c1cccc(C(=O)C2CCC3(CCNCC3)CC2)c1. The topological polar surface area (TPSA) is 104 Å². The van der Waals surface area contributed by atoms with Crippen LogP contribution < -0.4 is 5.32 Å². The number of Topliss-reactive ketones (excluding diaryl/α,β-unsaturated/α-hetero) is 1. The lowest BCUT2D eigenvalue weighted by molar-refractivity contribution is -0.137. The van der Waals surface area contributed by atoms with E-state index >= 15 is 0 Å². The van der Waals surface area contributed by atoms with Crippen molar-refractivity contribution >= 4 is 21.8 Å². The Hall–Kier alpha value is -1.77. The van der Waals surface area contributed by atoms with Crippen LogP contribution in [0.3, 0.4) is 0 Å². The number of carbonyl (C=O) groups excluding carboxylic acids is 1. The van der Waals surface area contributed by atoms with Crippen molar-refractivity contribution in [3.05, 3.63) is 29.8 Å². The van der Waals surface area contributed by atoms with Gasteiger partial charge in [-0.3, -0.25) is 9.59 Å². The van der Waals surface area contributed by atoms with Gasteiger partial charge in [-0.25, -0.2) is 12.7 Å². The van der Waals surface area contributed by atoms with Gasteiger partial charge in [0.1, 0.15) is 0 Å². The fraction of sp³-hybridized carbons (Fsp3) is 0.619. The molecule has 1 aliphatic carbocycles. The first-order valence-electron chi connectivity index (χ1n) is 10.3. The molecule has 2 N–H and O–H groups in total. The Bertz CT molecular complexity index is 852. The first kappa shape index (κ1) is 21.9. The van der Waals surface area contributed by atoms with E-state index in [2.05, 4.69) is 5.32 Å². The summed E-state index contributed by atoms with van der Waals surface area (Å²) in [5.74, 6) is -1.10. The van der Waals surface area contributed by atoms with Gasteiger partial charge in [0.05, 0.1) is 11.3 Å². The number of carbonyl (C=O) groups is 2. The second kappa shape index (κ2) is 8.93. The van der Waals surface area contributed by atoms with Crippen LogP contribution in [0.15, 0.2) is 29.2 Å². The van der Waals surface area contributed by atoms with E-state index in [1.54, 1.807) is 12.1 Å². The van der Waals surface area contributed by atoms with Crippen LogP contribution in [0, 0.1) is 11.3 Å². The fourth-order valence-electron chi connectivity index (χ4n) is 4.55. The highest BCUT2D eigenvalue weighted by molar-refractivity contribution is 7.89. The molecule has 1 aromatic carbocycles. The minimum atomic E-state index is -3.83. The molecule has 8 heteroatoms. The number of piperidine rings is 1. The largest absolute Gasteiger partial charge is 0.481 e. The van der Waals surface area contributed by atoms with Gasteiger partial charge >= 0.3 is 5.97 Å². The average molecular weight is 423 g/mol. The monoisotopic (exact) mass is 422 g/mol. The van der Waals surface area contributed by atoms with Crippen molar-refractivity contribution in [2.75, 3.05) is 26.7 Å². The Labute approximate surface area is 172 Å². The number of aliphatic carboxylic acids is 1. The summed E-state index contributed by atoms with van der Waals surface area (Å²) in [7, 11) is -2.48. The molecule has 1 saturated heterocycles. The van der Waals surface area contributed by atoms with E-state index in [4.69, 9.17) is 5.11 Å². The standard InChI is InChI=1S/C21H30N2O5S/c1-23(14-7-19(24)25)29(27,28)18-4-2-3-17(15-18)20(26)16-5-8-21(9-6-16)10-12-22-13-11-21/h2-4,15-16,22H,5-14H2,1H3,(H,24,25). The molecular weight excluding hydrogens is 392 g/mol. The van der Waals surface area contributed by atoms with Gasteiger partial charge in [-0.15, -0.1) is 0 Å². The maximum Gasteiger partial charge on any atom is 0.304 e. The van der Waals surface area contributed by atoms with Gasteiger partial charge in [-0.2, -0.15) is 0 Å². The van der Waals surface area contributed by atoms with E-state index < -0.39 is 16.0 Å². The third kappa shape index (κ3) is 5.05. The van der Waals surface area contributed by atoms with Crippen LogP contribution in [-0.4, -0.2) is 56.3 Å². The highest BCUT2D eigenvalue weighted by atomic mass is 32.2. The Kier molecular flexibility index (Phi) is 6.76. The molecule has 7 nitrogen and oxygen atoms in total. The maximum atomic E-state index is 13.0. The van der Waals surface area contributed by atoms with Crippen molar-refractivity contribution in [1.82, 2.24) is 9.62 Å². The van der Waals surface area contributed by atoms with E-state index in [1.807, 2.05) is 0 Å². The molecule has 0 bridgehead atoms. The number of nitrogens with zero attached hydrogens (tertiary/aromatic N) is 1. The van der Waals surface area contributed by atoms with Crippen LogP contribution in [0.4, 0.5) is 0 Å². The van der Waals surface area contributed by atoms with Crippen LogP contribution in [0.1, 0.15) is 55.3 Å². The number of ketones is 1. The summed E-state index contributed by atoms with van der Waals surface area (Å²) >= 11 is 0. The highest BCUT2D eigenvalue weighted by Gasteiger charge is 2.38. The number of carboxylic acids is 1. The van der Waals surface area contributed by atoms with Crippen LogP contribution in [0.5, 0.6) is 0 Å². The van der Waals surface area contributed by atoms with Gasteiger partial charge in [0, 0.05) is 25.1 Å². The molecule has 1 aliphatic heterocycles. The fourth-order valence-corrected chi connectivity index (χ4v) is 5.77. The Morgan fingerprint density at radius 2 is 1.83 bits per heavy atom. The number of sulfonamides is 1. The zero-order valence-electron chi connectivity index (χ0n) is 16.9. The lowest BCUT2D eigenvalue weighted by atomic mass is 9.65. The third-order valence-electron chi connectivity index (χ3n) is 6.55. The van der Waals surface area contributed by atoms with Crippen molar-refractivity contribution in [3.63, 3.8) is 0 Å². The van der Waals surface area contributed by atoms with E-state index in [-0.39, 0.29) is 29.6 Å². The van der Waals surface area contributed by atoms with Gasteiger partial charge < -0.3 is 10.4 Å². The second-order valence-corrected chi connectivity index (χ2v) is 10.4. The van der Waals surface area contributed by atoms with Gasteiger partial charge in [0.2, 0.25) is 10.0 Å². The van der Waals surface area contributed by atoms with E-state index in [0.717, 1.165) is 43.1 Å². The van der Waals surface area contributed by atoms with Crippen molar-refractivity contribution in [2.45, 2.75) is 49.8 Å². The molecule has 0 radical (unpaired) electrons. The smallest absolute Gasteiger partial charge is 0.304 e. The molecule has 1 heterocycles. The first-order chi connectivity index (χ1) is 13.7. The molecule has 160 valence electrons. The molecule has 1 saturated carbocycles. The molecule has 0 aromatic heterocycles. The predicted molar refractivity (Wildman–Crippen MR) is 109 cm³/mol. The Balaban J connectivity index is 1.69.